The van der Waals surface area contributed by atoms with E-state index >= 15 is 0 Å². The van der Waals surface area contributed by atoms with Crippen molar-refractivity contribution in [3.8, 4) is 11.8 Å². The van der Waals surface area contributed by atoms with E-state index in [1.165, 1.54) is 0 Å². The zero-order valence-corrected chi connectivity index (χ0v) is 12.1. The fraction of sp³-hybridized carbons (Fsp3) is 0.533. The second-order valence-corrected chi connectivity index (χ2v) is 5.02. The lowest BCUT2D eigenvalue weighted by Crippen LogP contribution is -2.21. The van der Waals surface area contributed by atoms with Gasteiger partial charge in [0.1, 0.15) is 5.75 Å². The van der Waals surface area contributed by atoms with Crippen LogP contribution in [0.4, 0.5) is 0 Å². The van der Waals surface area contributed by atoms with Crippen molar-refractivity contribution in [2.45, 2.75) is 45.1 Å². The predicted molar refractivity (Wildman–Crippen MR) is 78.4 cm³/mol. The zero-order chi connectivity index (χ0) is 14.1. The van der Waals surface area contributed by atoms with Gasteiger partial charge in [0.05, 0.1) is 12.7 Å². The second-order valence-electron chi connectivity index (χ2n) is 4.59. The molecule has 1 rings (SSSR count). The number of nitrogens with zero attached hydrogens (tertiary/aromatic N) is 1. The summed E-state index contributed by atoms with van der Waals surface area (Å²) in [6.07, 6.45) is 4.03. The molecule has 1 aromatic carbocycles. The number of halogens is 1. The first-order valence-corrected chi connectivity index (χ1v) is 7.09. The molecule has 1 atom stereocenters. The summed E-state index contributed by atoms with van der Waals surface area (Å²) in [6, 6.07) is 7.89. The Morgan fingerprint density at radius 2 is 2.21 bits per heavy atom. The SMILES string of the molecule is CCC(N)Cc1cc(Cl)ccc1OCCCCC#N. The summed E-state index contributed by atoms with van der Waals surface area (Å²) < 4.78 is 5.76. The van der Waals surface area contributed by atoms with Crippen LogP contribution in [0.25, 0.3) is 0 Å². The van der Waals surface area contributed by atoms with Crippen molar-refractivity contribution in [1.29, 1.82) is 5.26 Å². The van der Waals surface area contributed by atoms with Gasteiger partial charge in [-0.05, 0) is 49.4 Å². The average molecular weight is 281 g/mol. The van der Waals surface area contributed by atoms with Crippen LogP contribution in [0.1, 0.15) is 38.2 Å². The maximum atomic E-state index is 8.46. The molecule has 0 aromatic heterocycles. The van der Waals surface area contributed by atoms with Gasteiger partial charge in [-0.2, -0.15) is 5.26 Å². The van der Waals surface area contributed by atoms with Gasteiger partial charge < -0.3 is 10.5 Å². The molecule has 19 heavy (non-hydrogen) atoms. The molecule has 0 aliphatic carbocycles. The molecule has 0 saturated heterocycles. The number of ether oxygens (including phenoxy) is 1. The zero-order valence-electron chi connectivity index (χ0n) is 11.4. The molecule has 104 valence electrons. The molecule has 0 spiro atoms. The van der Waals surface area contributed by atoms with Crippen molar-refractivity contribution in [3.63, 3.8) is 0 Å². The van der Waals surface area contributed by atoms with Gasteiger partial charge in [-0.15, -0.1) is 0 Å². The third kappa shape index (κ3) is 5.96. The highest BCUT2D eigenvalue weighted by Crippen LogP contribution is 2.24. The van der Waals surface area contributed by atoms with Gasteiger partial charge in [-0.3, -0.25) is 0 Å². The highest BCUT2D eigenvalue weighted by molar-refractivity contribution is 6.30. The fourth-order valence-corrected chi connectivity index (χ4v) is 1.96. The van der Waals surface area contributed by atoms with Crippen LogP contribution >= 0.6 is 11.6 Å². The molecule has 0 radical (unpaired) electrons. The van der Waals surface area contributed by atoms with E-state index in [4.69, 9.17) is 27.3 Å². The number of hydrogen-bond acceptors (Lipinski definition) is 3. The summed E-state index contributed by atoms with van der Waals surface area (Å²) in [4.78, 5) is 0. The van der Waals surface area contributed by atoms with Crippen LogP contribution in [-0.4, -0.2) is 12.6 Å². The van der Waals surface area contributed by atoms with Crippen LogP contribution < -0.4 is 10.5 Å². The van der Waals surface area contributed by atoms with E-state index in [-0.39, 0.29) is 6.04 Å². The van der Waals surface area contributed by atoms with Gasteiger partial charge in [0, 0.05) is 17.5 Å². The van der Waals surface area contributed by atoms with Gasteiger partial charge in [-0.25, -0.2) is 0 Å². The van der Waals surface area contributed by atoms with Crippen LogP contribution in [0.5, 0.6) is 5.75 Å². The molecule has 0 saturated carbocycles. The highest BCUT2D eigenvalue weighted by atomic mass is 35.5. The third-order valence-electron chi connectivity index (χ3n) is 2.97. The van der Waals surface area contributed by atoms with Crippen molar-refractivity contribution in [2.75, 3.05) is 6.61 Å². The number of rotatable bonds is 8. The Kier molecular flexibility index (Phi) is 7.32. The summed E-state index contributed by atoms with van der Waals surface area (Å²) >= 11 is 6.01. The molecule has 0 aliphatic heterocycles. The largest absolute Gasteiger partial charge is 0.493 e. The minimum atomic E-state index is 0.124. The maximum Gasteiger partial charge on any atom is 0.122 e. The minimum Gasteiger partial charge on any atom is -0.493 e. The summed E-state index contributed by atoms with van der Waals surface area (Å²) in [7, 11) is 0. The molecule has 0 fully saturated rings. The van der Waals surface area contributed by atoms with Gasteiger partial charge in [-0.1, -0.05) is 18.5 Å². The van der Waals surface area contributed by atoms with E-state index in [2.05, 4.69) is 13.0 Å². The molecular weight excluding hydrogens is 260 g/mol. The van der Waals surface area contributed by atoms with Gasteiger partial charge in [0.25, 0.3) is 0 Å². The topological polar surface area (TPSA) is 59.0 Å². The Labute approximate surface area is 120 Å². The second kappa shape index (κ2) is 8.79. The molecule has 0 heterocycles. The molecule has 0 aliphatic rings. The van der Waals surface area contributed by atoms with Crippen LogP contribution in [0, 0.1) is 11.3 Å². The standard InChI is InChI=1S/C15H21ClN2O/c1-2-14(18)11-12-10-13(16)6-7-15(12)19-9-5-3-4-8-17/h6-7,10,14H,2-5,9,11,18H2,1H3. The van der Waals surface area contributed by atoms with Gasteiger partial charge in [0.15, 0.2) is 0 Å². The smallest absolute Gasteiger partial charge is 0.122 e. The van der Waals surface area contributed by atoms with Crippen molar-refractivity contribution in [1.82, 2.24) is 0 Å². The molecule has 1 unspecified atom stereocenters. The Morgan fingerprint density at radius 3 is 2.89 bits per heavy atom. The average Bonchev–Trinajstić information content (AvgIpc) is 2.40. The molecule has 0 bridgehead atoms. The van der Waals surface area contributed by atoms with E-state index in [9.17, 15) is 0 Å². The molecule has 1 aromatic rings. The van der Waals surface area contributed by atoms with Crippen molar-refractivity contribution < 1.29 is 4.74 Å². The minimum absolute atomic E-state index is 0.124. The number of benzene rings is 1. The Balaban J connectivity index is 2.58. The van der Waals surface area contributed by atoms with Crippen molar-refractivity contribution in [2.24, 2.45) is 5.73 Å². The molecule has 3 nitrogen and oxygen atoms in total. The first-order valence-electron chi connectivity index (χ1n) is 6.71. The van der Waals surface area contributed by atoms with E-state index in [0.717, 1.165) is 37.0 Å². The van der Waals surface area contributed by atoms with E-state index in [0.29, 0.717) is 18.1 Å². The number of nitriles is 1. The quantitative estimate of drug-likeness (QED) is 0.739. The van der Waals surface area contributed by atoms with Crippen LogP contribution in [0.3, 0.4) is 0 Å². The number of nitrogens with two attached hydrogens (primary N) is 1. The van der Waals surface area contributed by atoms with Crippen LogP contribution in [-0.2, 0) is 6.42 Å². The van der Waals surface area contributed by atoms with Crippen molar-refractivity contribution in [3.05, 3.63) is 28.8 Å². The van der Waals surface area contributed by atoms with Gasteiger partial charge in [0.2, 0.25) is 0 Å². The molecule has 0 amide bonds. The molecular formula is C15H21ClN2O. The number of hydrogen-bond donors (Lipinski definition) is 1. The third-order valence-corrected chi connectivity index (χ3v) is 3.20. The summed E-state index contributed by atoms with van der Waals surface area (Å²) in [5.74, 6) is 0.852. The fourth-order valence-electron chi connectivity index (χ4n) is 1.76. The maximum absolute atomic E-state index is 8.46. The summed E-state index contributed by atoms with van der Waals surface area (Å²) in [5, 5.41) is 9.17. The first-order chi connectivity index (χ1) is 9.17. The van der Waals surface area contributed by atoms with Crippen LogP contribution in [0.15, 0.2) is 18.2 Å². The van der Waals surface area contributed by atoms with Crippen LogP contribution in [0.2, 0.25) is 5.02 Å². The first kappa shape index (κ1) is 15.8. The van der Waals surface area contributed by atoms with E-state index in [1.54, 1.807) is 0 Å². The lowest BCUT2D eigenvalue weighted by atomic mass is 10.0. The van der Waals surface area contributed by atoms with Gasteiger partial charge >= 0.3 is 0 Å². The van der Waals surface area contributed by atoms with E-state index in [1.807, 2.05) is 18.2 Å². The lowest BCUT2D eigenvalue weighted by Gasteiger charge is -2.14. The Bertz CT molecular complexity index is 429. The predicted octanol–water partition coefficient (Wildman–Crippen LogP) is 3.69. The Hall–Kier alpha value is -1.24. The number of unbranched alkanes of at least 4 members (excludes halogenated alkanes) is 2. The van der Waals surface area contributed by atoms with E-state index < -0.39 is 0 Å². The molecule has 4 heteroatoms. The highest BCUT2D eigenvalue weighted by Gasteiger charge is 2.08. The Morgan fingerprint density at radius 1 is 1.42 bits per heavy atom. The molecule has 2 N–H and O–H groups in total. The monoisotopic (exact) mass is 280 g/mol. The summed E-state index contributed by atoms with van der Waals surface area (Å²) in [5.41, 5.74) is 7.04. The summed E-state index contributed by atoms with van der Waals surface area (Å²) in [6.45, 7) is 2.69. The van der Waals surface area contributed by atoms with Crippen molar-refractivity contribution >= 4 is 11.6 Å². The lowest BCUT2D eigenvalue weighted by molar-refractivity contribution is 0.304. The normalized spacial score (nSPS) is 11.9.